The number of benzene rings is 1. The number of hydrogen-bond acceptors (Lipinski definition) is 3. The van der Waals surface area contributed by atoms with Gasteiger partial charge in [-0.15, -0.1) is 0 Å². The first kappa shape index (κ1) is 17.5. The summed E-state index contributed by atoms with van der Waals surface area (Å²) in [5, 5.41) is 5.75. The molecule has 1 aromatic rings. The number of piperidine rings is 1. The highest BCUT2D eigenvalue weighted by atomic mass is 16.2. The number of rotatable bonds is 3. The van der Waals surface area contributed by atoms with Crippen molar-refractivity contribution in [2.45, 2.75) is 19.4 Å². The summed E-state index contributed by atoms with van der Waals surface area (Å²) >= 11 is 0. The molecule has 2 aliphatic heterocycles. The Kier molecular flexibility index (Phi) is 5.13. The van der Waals surface area contributed by atoms with Crippen LogP contribution in [0.25, 0.3) is 0 Å². The Morgan fingerprint density at radius 2 is 2.16 bits per heavy atom. The highest BCUT2D eigenvalue weighted by molar-refractivity contribution is 5.95. The van der Waals surface area contributed by atoms with Crippen molar-refractivity contribution in [3.05, 3.63) is 24.3 Å². The van der Waals surface area contributed by atoms with Gasteiger partial charge >= 0.3 is 12.1 Å². The van der Waals surface area contributed by atoms with Crippen LogP contribution in [0.1, 0.15) is 13.3 Å². The summed E-state index contributed by atoms with van der Waals surface area (Å²) in [7, 11) is 3.98. The van der Waals surface area contributed by atoms with Crippen LogP contribution in [-0.4, -0.2) is 68.2 Å². The van der Waals surface area contributed by atoms with Crippen LogP contribution < -0.4 is 15.5 Å². The van der Waals surface area contributed by atoms with E-state index in [4.69, 9.17) is 0 Å². The molecule has 0 aliphatic carbocycles. The number of nitrogens with zero attached hydrogens (tertiary/aromatic N) is 3. The number of hydrogen-bond donors (Lipinski definition) is 2. The zero-order valence-electron chi connectivity index (χ0n) is 15.2. The molecule has 0 unspecified atom stereocenters. The highest BCUT2D eigenvalue weighted by Crippen LogP contribution is 2.23. The molecule has 136 valence electrons. The van der Waals surface area contributed by atoms with Gasteiger partial charge in [0.15, 0.2) is 0 Å². The van der Waals surface area contributed by atoms with Crippen LogP contribution in [0.2, 0.25) is 0 Å². The lowest BCUT2D eigenvalue weighted by atomic mass is 9.93. The maximum Gasteiger partial charge on any atom is 0.321 e. The second kappa shape index (κ2) is 7.31. The van der Waals surface area contributed by atoms with Crippen LogP contribution in [0, 0.1) is 5.92 Å². The quantitative estimate of drug-likeness (QED) is 0.881. The van der Waals surface area contributed by atoms with Crippen LogP contribution in [0.4, 0.5) is 21.0 Å². The van der Waals surface area contributed by atoms with Crippen molar-refractivity contribution in [2.24, 2.45) is 5.92 Å². The molecule has 0 radical (unpaired) electrons. The van der Waals surface area contributed by atoms with Crippen LogP contribution in [-0.2, 0) is 0 Å². The van der Waals surface area contributed by atoms with Crippen LogP contribution >= 0.6 is 0 Å². The number of amides is 4. The molecule has 0 bridgehead atoms. The van der Waals surface area contributed by atoms with Crippen molar-refractivity contribution in [2.75, 3.05) is 50.5 Å². The van der Waals surface area contributed by atoms with Gasteiger partial charge in [-0.2, -0.15) is 0 Å². The largest absolute Gasteiger partial charge is 0.336 e. The average Bonchev–Trinajstić information content (AvgIpc) is 3.00. The van der Waals surface area contributed by atoms with E-state index in [1.54, 1.807) is 4.90 Å². The number of carbonyl (C=O) groups excluding carboxylic acids is 2. The Labute approximate surface area is 149 Å². The summed E-state index contributed by atoms with van der Waals surface area (Å²) < 4.78 is 0. The fraction of sp³-hybridized carbons (Fsp3) is 0.556. The molecule has 2 heterocycles. The number of carbonyl (C=O) groups is 2. The lowest BCUT2D eigenvalue weighted by molar-refractivity contribution is 0.113. The van der Waals surface area contributed by atoms with E-state index in [0.29, 0.717) is 24.7 Å². The predicted molar refractivity (Wildman–Crippen MR) is 99.0 cm³/mol. The fourth-order valence-electron chi connectivity index (χ4n) is 3.75. The van der Waals surface area contributed by atoms with Crippen LogP contribution in [0.5, 0.6) is 0 Å². The number of urea groups is 2. The van der Waals surface area contributed by atoms with Gasteiger partial charge in [0.2, 0.25) is 0 Å². The van der Waals surface area contributed by atoms with E-state index in [1.807, 2.05) is 36.2 Å². The summed E-state index contributed by atoms with van der Waals surface area (Å²) in [6.07, 6.45) is 0.982. The standard InChI is InChI=1S/C18H27N5O2/c1-13-12-21(2)9-7-16(13)22(3)18(25)20-14-5-4-6-15(11-14)23-10-8-19-17(23)24/h4-6,11,13,16H,7-10,12H2,1-3H3,(H,19,24)(H,20,25)/t13-,16+/m1/s1. The lowest BCUT2D eigenvalue weighted by Gasteiger charge is -2.39. The molecule has 25 heavy (non-hydrogen) atoms. The van der Waals surface area contributed by atoms with Crippen molar-refractivity contribution < 1.29 is 9.59 Å². The Hall–Kier alpha value is -2.28. The number of likely N-dealkylation sites (tertiary alicyclic amines) is 1. The molecule has 2 fully saturated rings. The smallest absolute Gasteiger partial charge is 0.321 e. The van der Waals surface area contributed by atoms with Crippen molar-refractivity contribution in [1.29, 1.82) is 0 Å². The molecule has 0 spiro atoms. The molecule has 2 atom stereocenters. The summed E-state index contributed by atoms with van der Waals surface area (Å²) in [6, 6.07) is 7.46. The Morgan fingerprint density at radius 1 is 1.36 bits per heavy atom. The molecule has 4 amide bonds. The summed E-state index contributed by atoms with van der Waals surface area (Å²) in [5.74, 6) is 0.439. The molecular formula is C18H27N5O2. The molecule has 0 aromatic heterocycles. The maximum atomic E-state index is 12.6. The third-order valence-corrected chi connectivity index (χ3v) is 5.15. The Bertz CT molecular complexity index is 650. The first-order valence-electron chi connectivity index (χ1n) is 8.83. The molecule has 3 rings (SSSR count). The van der Waals surface area contributed by atoms with Gasteiger partial charge in [0, 0.05) is 44.1 Å². The maximum absolute atomic E-state index is 12.6. The monoisotopic (exact) mass is 345 g/mol. The van der Waals surface area contributed by atoms with Gasteiger partial charge in [-0.05, 0) is 44.1 Å². The third-order valence-electron chi connectivity index (χ3n) is 5.15. The number of anilines is 2. The van der Waals surface area contributed by atoms with E-state index in [0.717, 1.165) is 25.2 Å². The fourth-order valence-corrected chi connectivity index (χ4v) is 3.75. The predicted octanol–water partition coefficient (Wildman–Crippen LogP) is 2.02. The molecule has 2 N–H and O–H groups in total. The average molecular weight is 345 g/mol. The van der Waals surface area contributed by atoms with E-state index >= 15 is 0 Å². The molecule has 0 saturated carbocycles. The molecule has 2 saturated heterocycles. The van der Waals surface area contributed by atoms with Crippen molar-refractivity contribution in [3.8, 4) is 0 Å². The summed E-state index contributed by atoms with van der Waals surface area (Å²) in [4.78, 5) is 30.2. The van der Waals surface area contributed by atoms with Gasteiger partial charge in [0.25, 0.3) is 0 Å². The molecule has 7 nitrogen and oxygen atoms in total. The van der Waals surface area contributed by atoms with Crippen molar-refractivity contribution in [1.82, 2.24) is 15.1 Å². The second-order valence-electron chi connectivity index (χ2n) is 7.07. The second-order valence-corrected chi connectivity index (χ2v) is 7.07. The molecule has 7 heteroatoms. The number of nitrogens with one attached hydrogen (secondary N) is 2. The van der Waals surface area contributed by atoms with E-state index < -0.39 is 0 Å². The highest BCUT2D eigenvalue weighted by Gasteiger charge is 2.30. The molecule has 2 aliphatic rings. The van der Waals surface area contributed by atoms with E-state index in [1.165, 1.54) is 0 Å². The van der Waals surface area contributed by atoms with E-state index in [2.05, 4.69) is 29.5 Å². The van der Waals surface area contributed by atoms with Gasteiger partial charge in [0.05, 0.1) is 0 Å². The summed E-state index contributed by atoms with van der Waals surface area (Å²) in [5.41, 5.74) is 1.50. The van der Waals surface area contributed by atoms with E-state index in [-0.39, 0.29) is 18.1 Å². The minimum absolute atomic E-state index is 0.0965. The Morgan fingerprint density at radius 3 is 2.84 bits per heavy atom. The first-order chi connectivity index (χ1) is 12.0. The van der Waals surface area contributed by atoms with Crippen LogP contribution in [0.15, 0.2) is 24.3 Å². The zero-order valence-corrected chi connectivity index (χ0v) is 15.2. The lowest BCUT2D eigenvalue weighted by Crippen LogP contribution is -2.50. The first-order valence-corrected chi connectivity index (χ1v) is 8.83. The van der Waals surface area contributed by atoms with Crippen molar-refractivity contribution >= 4 is 23.4 Å². The topological polar surface area (TPSA) is 67.9 Å². The molecular weight excluding hydrogens is 318 g/mol. The SMILES string of the molecule is C[C@@H]1CN(C)CC[C@@H]1N(C)C(=O)Nc1cccc(N2CCNC2=O)c1. The van der Waals surface area contributed by atoms with E-state index in [9.17, 15) is 9.59 Å². The minimum Gasteiger partial charge on any atom is -0.336 e. The Balaban J connectivity index is 1.65. The minimum atomic E-state index is -0.107. The van der Waals surface area contributed by atoms with Gasteiger partial charge in [-0.1, -0.05) is 13.0 Å². The van der Waals surface area contributed by atoms with Crippen molar-refractivity contribution in [3.63, 3.8) is 0 Å². The molecule has 1 aromatic carbocycles. The van der Waals surface area contributed by atoms with Gasteiger partial charge in [-0.3, -0.25) is 4.90 Å². The van der Waals surface area contributed by atoms with Crippen LogP contribution in [0.3, 0.4) is 0 Å². The normalized spacial score (nSPS) is 24.1. The third kappa shape index (κ3) is 3.87. The van der Waals surface area contributed by atoms with Gasteiger partial charge in [0.1, 0.15) is 0 Å². The zero-order chi connectivity index (χ0) is 18.0. The van der Waals surface area contributed by atoms with Gasteiger partial charge < -0.3 is 20.4 Å². The van der Waals surface area contributed by atoms with Gasteiger partial charge in [-0.25, -0.2) is 9.59 Å². The summed E-state index contributed by atoms with van der Waals surface area (Å²) in [6.45, 7) is 5.49.